The Morgan fingerprint density at radius 3 is 2.62 bits per heavy atom. The molecule has 1 aromatic heterocycles. The van der Waals surface area contributed by atoms with Gasteiger partial charge in [0.1, 0.15) is 11.3 Å². The van der Waals surface area contributed by atoms with Crippen molar-refractivity contribution in [2.45, 2.75) is 51.6 Å². The van der Waals surface area contributed by atoms with Gasteiger partial charge >= 0.3 is 5.63 Å². The van der Waals surface area contributed by atoms with Gasteiger partial charge in [0.05, 0.1) is 10.6 Å². The van der Waals surface area contributed by atoms with E-state index in [-0.39, 0.29) is 23.7 Å². The molecule has 0 aliphatic carbocycles. The average molecular weight is 420 g/mol. The maximum Gasteiger partial charge on any atom is 0.339 e. The minimum absolute atomic E-state index is 0.0366. The van der Waals surface area contributed by atoms with E-state index in [0.29, 0.717) is 35.0 Å². The summed E-state index contributed by atoms with van der Waals surface area (Å²) >= 11 is 6.35. The lowest BCUT2D eigenvalue weighted by molar-refractivity contribution is -0.144. The zero-order valence-electron chi connectivity index (χ0n) is 16.9. The van der Waals surface area contributed by atoms with Crippen LogP contribution in [0.3, 0.4) is 0 Å². The van der Waals surface area contributed by atoms with Crippen LogP contribution in [0.4, 0.5) is 0 Å². The van der Waals surface area contributed by atoms with Gasteiger partial charge in [-0.1, -0.05) is 11.6 Å². The van der Waals surface area contributed by atoms with Crippen LogP contribution in [0.15, 0.2) is 21.3 Å². The summed E-state index contributed by atoms with van der Waals surface area (Å²) in [5, 5.41) is 1.15. The largest absolute Gasteiger partial charge is 0.482 e. The maximum absolute atomic E-state index is 12.6. The van der Waals surface area contributed by atoms with Crippen molar-refractivity contribution in [1.29, 1.82) is 0 Å². The predicted molar refractivity (Wildman–Crippen MR) is 111 cm³/mol. The topological polar surface area (TPSA) is 69.0 Å². The molecule has 2 aliphatic rings. The zero-order chi connectivity index (χ0) is 20.6. The fourth-order valence-corrected chi connectivity index (χ4v) is 4.47. The van der Waals surface area contributed by atoms with Crippen LogP contribution in [0, 0.1) is 13.8 Å². The monoisotopic (exact) mass is 419 g/mol. The van der Waals surface area contributed by atoms with E-state index >= 15 is 0 Å². The SMILES string of the molecule is Cc1c(C)c2cc(Cl)c(OCC(=O)N3CCC4(CCCCO4)CC3)cc2oc1=O. The van der Waals surface area contributed by atoms with Crippen LogP contribution in [0.2, 0.25) is 5.02 Å². The Kier molecular flexibility index (Phi) is 5.58. The minimum atomic E-state index is -0.383. The molecule has 1 amide bonds. The van der Waals surface area contributed by atoms with E-state index in [0.717, 1.165) is 43.2 Å². The number of likely N-dealkylation sites (tertiary alicyclic amines) is 1. The molecule has 4 rings (SSSR count). The molecular weight excluding hydrogens is 394 g/mol. The number of carbonyl (C=O) groups excluding carboxylic acids is 1. The first-order chi connectivity index (χ1) is 13.9. The maximum atomic E-state index is 12.6. The molecule has 0 unspecified atom stereocenters. The van der Waals surface area contributed by atoms with E-state index < -0.39 is 0 Å². The summed E-state index contributed by atoms with van der Waals surface area (Å²) in [6.45, 7) is 5.66. The van der Waals surface area contributed by atoms with Crippen molar-refractivity contribution < 1.29 is 18.7 Å². The summed E-state index contributed by atoms with van der Waals surface area (Å²) in [5.41, 5.74) is 1.37. The number of hydrogen-bond donors (Lipinski definition) is 0. The highest BCUT2D eigenvalue weighted by atomic mass is 35.5. The fourth-order valence-electron chi connectivity index (χ4n) is 4.25. The summed E-state index contributed by atoms with van der Waals surface area (Å²) < 4.78 is 17.1. The summed E-state index contributed by atoms with van der Waals surface area (Å²) in [5.74, 6) is 0.261. The standard InChI is InChI=1S/C22H26ClNO5/c1-14-15(2)21(26)29-18-12-19(17(23)11-16(14)18)27-13-20(25)24-8-6-22(7-9-24)5-3-4-10-28-22/h11-12H,3-10,13H2,1-2H3. The molecule has 2 saturated heterocycles. The van der Waals surface area contributed by atoms with E-state index in [4.69, 9.17) is 25.5 Å². The molecule has 2 aromatic rings. The van der Waals surface area contributed by atoms with Gasteiger partial charge < -0.3 is 18.8 Å². The Morgan fingerprint density at radius 1 is 1.17 bits per heavy atom. The number of ether oxygens (including phenoxy) is 2. The molecule has 29 heavy (non-hydrogen) atoms. The van der Waals surface area contributed by atoms with Gasteiger partial charge in [-0.15, -0.1) is 0 Å². The number of piperidine rings is 1. The number of rotatable bonds is 3. The van der Waals surface area contributed by atoms with Gasteiger partial charge in [-0.05, 0) is 57.6 Å². The summed E-state index contributed by atoms with van der Waals surface area (Å²) in [4.78, 5) is 26.4. The van der Waals surface area contributed by atoms with Crippen molar-refractivity contribution >= 4 is 28.5 Å². The first-order valence-electron chi connectivity index (χ1n) is 10.2. The van der Waals surface area contributed by atoms with Crippen molar-refractivity contribution in [2.75, 3.05) is 26.3 Å². The molecule has 1 spiro atoms. The minimum Gasteiger partial charge on any atom is -0.482 e. The first kappa shape index (κ1) is 20.2. The fraction of sp³-hybridized carbons (Fsp3) is 0.545. The number of carbonyl (C=O) groups is 1. The van der Waals surface area contributed by atoms with Crippen LogP contribution in [-0.2, 0) is 9.53 Å². The molecule has 0 N–H and O–H groups in total. The van der Waals surface area contributed by atoms with Crippen LogP contribution in [0.5, 0.6) is 5.75 Å². The van der Waals surface area contributed by atoms with Crippen LogP contribution in [0.25, 0.3) is 11.0 Å². The highest BCUT2D eigenvalue weighted by Gasteiger charge is 2.38. The molecule has 3 heterocycles. The Labute approximate surface area is 174 Å². The van der Waals surface area contributed by atoms with E-state index in [1.807, 2.05) is 11.8 Å². The van der Waals surface area contributed by atoms with Crippen LogP contribution >= 0.6 is 11.6 Å². The predicted octanol–water partition coefficient (Wildman–Crippen LogP) is 4.00. The van der Waals surface area contributed by atoms with Crippen molar-refractivity contribution in [3.63, 3.8) is 0 Å². The number of hydrogen-bond acceptors (Lipinski definition) is 5. The number of benzene rings is 1. The third-order valence-electron chi connectivity index (χ3n) is 6.32. The van der Waals surface area contributed by atoms with Crippen LogP contribution in [-0.4, -0.2) is 42.7 Å². The van der Waals surface area contributed by atoms with Gasteiger partial charge in [0, 0.05) is 36.7 Å². The summed E-state index contributed by atoms with van der Waals surface area (Å²) in [7, 11) is 0. The average Bonchev–Trinajstić information content (AvgIpc) is 2.72. The third-order valence-corrected chi connectivity index (χ3v) is 6.62. The molecule has 7 heteroatoms. The summed E-state index contributed by atoms with van der Waals surface area (Å²) in [6, 6.07) is 3.30. The van der Waals surface area contributed by atoms with Gasteiger partial charge in [-0.3, -0.25) is 4.79 Å². The lowest BCUT2D eigenvalue weighted by Gasteiger charge is -2.43. The van der Waals surface area contributed by atoms with Gasteiger partial charge in [-0.2, -0.15) is 0 Å². The Hall–Kier alpha value is -2.05. The highest BCUT2D eigenvalue weighted by Crippen LogP contribution is 2.35. The van der Waals surface area contributed by atoms with E-state index in [1.165, 1.54) is 6.42 Å². The molecule has 0 radical (unpaired) electrons. The van der Waals surface area contributed by atoms with Crippen molar-refractivity contribution in [3.05, 3.63) is 38.7 Å². The van der Waals surface area contributed by atoms with E-state index in [1.54, 1.807) is 19.1 Å². The molecule has 156 valence electrons. The molecule has 6 nitrogen and oxygen atoms in total. The molecule has 0 saturated carbocycles. The van der Waals surface area contributed by atoms with Crippen molar-refractivity contribution in [2.24, 2.45) is 0 Å². The lowest BCUT2D eigenvalue weighted by Crippen LogP contribution is -2.50. The first-order valence-corrected chi connectivity index (χ1v) is 10.5. The quantitative estimate of drug-likeness (QED) is 0.703. The Balaban J connectivity index is 1.42. The molecule has 1 aromatic carbocycles. The van der Waals surface area contributed by atoms with Crippen LogP contribution in [0.1, 0.15) is 43.2 Å². The Morgan fingerprint density at radius 2 is 1.93 bits per heavy atom. The van der Waals surface area contributed by atoms with Crippen molar-refractivity contribution in [1.82, 2.24) is 4.90 Å². The van der Waals surface area contributed by atoms with Gasteiger partial charge in [0.25, 0.3) is 5.91 Å². The highest BCUT2D eigenvalue weighted by molar-refractivity contribution is 6.32. The smallest absolute Gasteiger partial charge is 0.339 e. The third kappa shape index (κ3) is 4.01. The number of halogens is 1. The molecule has 0 bridgehead atoms. The lowest BCUT2D eigenvalue weighted by atomic mass is 9.84. The van der Waals surface area contributed by atoms with Gasteiger partial charge in [0.2, 0.25) is 0 Å². The van der Waals surface area contributed by atoms with Gasteiger partial charge in [0.15, 0.2) is 6.61 Å². The second-order valence-corrected chi connectivity index (χ2v) is 8.48. The van der Waals surface area contributed by atoms with Gasteiger partial charge in [-0.25, -0.2) is 4.79 Å². The Bertz CT molecular complexity index is 983. The van der Waals surface area contributed by atoms with Crippen LogP contribution < -0.4 is 10.4 Å². The molecule has 2 fully saturated rings. The molecular formula is C22H26ClNO5. The second-order valence-electron chi connectivity index (χ2n) is 8.08. The summed E-state index contributed by atoms with van der Waals surface area (Å²) in [6.07, 6.45) is 5.16. The number of nitrogens with zero attached hydrogens (tertiary/aromatic N) is 1. The molecule has 0 atom stereocenters. The number of amides is 1. The molecule has 2 aliphatic heterocycles. The normalized spacial score (nSPS) is 18.9. The number of fused-ring (bicyclic) bond motifs is 1. The van der Waals surface area contributed by atoms with Crippen molar-refractivity contribution in [3.8, 4) is 5.75 Å². The second kappa shape index (κ2) is 8.00. The van der Waals surface area contributed by atoms with E-state index in [9.17, 15) is 9.59 Å². The van der Waals surface area contributed by atoms with E-state index in [2.05, 4.69) is 0 Å². The zero-order valence-corrected chi connectivity index (χ0v) is 17.6. The number of aryl methyl sites for hydroxylation is 1.